The highest BCUT2D eigenvalue weighted by Gasteiger charge is 2.17. The summed E-state index contributed by atoms with van der Waals surface area (Å²) in [5.74, 6) is 0.0361. The van der Waals surface area contributed by atoms with E-state index in [-0.39, 0.29) is 18.3 Å². The minimum absolute atomic E-state index is 0.0194. The molecule has 6 heteroatoms. The zero-order valence-corrected chi connectivity index (χ0v) is 11.2. The Morgan fingerprint density at radius 1 is 1.33 bits per heavy atom. The van der Waals surface area contributed by atoms with Gasteiger partial charge in [0.05, 0.1) is 17.1 Å². The highest BCUT2D eigenvalue weighted by Crippen LogP contribution is 2.35. The fraction of sp³-hybridized carbons (Fsp3) is 0.133. The van der Waals surface area contributed by atoms with Crippen LogP contribution < -0.4 is 21.1 Å². The van der Waals surface area contributed by atoms with Crippen LogP contribution in [-0.4, -0.2) is 12.5 Å². The van der Waals surface area contributed by atoms with E-state index < -0.39 is 0 Å². The van der Waals surface area contributed by atoms with Gasteiger partial charge in [-0.25, -0.2) is 4.39 Å². The number of fused-ring (bicyclic) bond motifs is 1. The molecule has 0 aliphatic carbocycles. The summed E-state index contributed by atoms with van der Waals surface area (Å²) in [6, 6.07) is 9.83. The SMILES string of the molecule is Nc1cc2c(cc1NCc1ccccc1F)NC(=O)CO2. The quantitative estimate of drug-likeness (QED) is 0.757. The van der Waals surface area contributed by atoms with Crippen molar-refractivity contribution in [3.8, 4) is 5.75 Å². The van der Waals surface area contributed by atoms with Crippen LogP contribution in [0.1, 0.15) is 5.56 Å². The van der Waals surface area contributed by atoms with Crippen molar-refractivity contribution >= 4 is 23.0 Å². The number of carbonyl (C=O) groups is 1. The molecule has 5 nitrogen and oxygen atoms in total. The third kappa shape index (κ3) is 2.74. The van der Waals surface area contributed by atoms with Crippen molar-refractivity contribution in [2.24, 2.45) is 0 Å². The van der Waals surface area contributed by atoms with Gasteiger partial charge in [0.1, 0.15) is 11.6 Å². The molecule has 1 aliphatic heterocycles. The van der Waals surface area contributed by atoms with Gasteiger partial charge in [-0.15, -0.1) is 0 Å². The molecule has 0 atom stereocenters. The number of hydrogen-bond donors (Lipinski definition) is 3. The molecule has 2 aromatic rings. The predicted octanol–water partition coefficient (Wildman–Crippen LogP) is 2.35. The Labute approximate surface area is 120 Å². The van der Waals surface area contributed by atoms with Crippen molar-refractivity contribution in [2.45, 2.75) is 6.54 Å². The number of nitrogens with one attached hydrogen (secondary N) is 2. The molecule has 0 unspecified atom stereocenters. The number of carbonyl (C=O) groups excluding carboxylic acids is 1. The first-order valence-corrected chi connectivity index (χ1v) is 6.47. The summed E-state index contributed by atoms with van der Waals surface area (Å²) in [6.45, 7) is 0.277. The Kier molecular flexibility index (Phi) is 3.35. The topological polar surface area (TPSA) is 76.4 Å². The number of nitrogens with two attached hydrogens (primary N) is 1. The summed E-state index contributed by atoms with van der Waals surface area (Å²) >= 11 is 0. The average molecular weight is 287 g/mol. The summed E-state index contributed by atoms with van der Waals surface area (Å²) in [4.78, 5) is 11.3. The lowest BCUT2D eigenvalue weighted by molar-refractivity contribution is -0.118. The molecule has 1 amide bonds. The van der Waals surface area contributed by atoms with Crippen molar-refractivity contribution in [3.63, 3.8) is 0 Å². The number of benzene rings is 2. The van der Waals surface area contributed by atoms with Gasteiger partial charge >= 0.3 is 0 Å². The Morgan fingerprint density at radius 2 is 2.14 bits per heavy atom. The number of hydrogen-bond acceptors (Lipinski definition) is 4. The van der Waals surface area contributed by atoms with Crippen LogP contribution in [0.15, 0.2) is 36.4 Å². The van der Waals surface area contributed by atoms with Crippen LogP contribution in [0.3, 0.4) is 0 Å². The second-order valence-electron chi connectivity index (χ2n) is 4.72. The molecule has 0 aromatic heterocycles. The van der Waals surface area contributed by atoms with Crippen molar-refractivity contribution in [2.75, 3.05) is 23.0 Å². The van der Waals surface area contributed by atoms with Crippen LogP contribution in [0.5, 0.6) is 5.75 Å². The molecule has 1 aliphatic rings. The molecule has 2 aromatic carbocycles. The number of halogens is 1. The van der Waals surface area contributed by atoms with Gasteiger partial charge in [0.2, 0.25) is 0 Å². The fourth-order valence-corrected chi connectivity index (χ4v) is 2.13. The highest BCUT2D eigenvalue weighted by atomic mass is 19.1. The van der Waals surface area contributed by atoms with E-state index in [0.717, 1.165) is 0 Å². The Morgan fingerprint density at radius 3 is 2.95 bits per heavy atom. The monoisotopic (exact) mass is 287 g/mol. The largest absolute Gasteiger partial charge is 0.482 e. The van der Waals surface area contributed by atoms with Crippen LogP contribution in [0.25, 0.3) is 0 Å². The van der Waals surface area contributed by atoms with E-state index in [2.05, 4.69) is 10.6 Å². The lowest BCUT2D eigenvalue weighted by Gasteiger charge is -2.20. The van der Waals surface area contributed by atoms with E-state index in [0.29, 0.717) is 34.9 Å². The lowest BCUT2D eigenvalue weighted by atomic mass is 10.1. The molecule has 21 heavy (non-hydrogen) atoms. The van der Waals surface area contributed by atoms with Gasteiger partial charge in [0, 0.05) is 18.2 Å². The summed E-state index contributed by atoms with van der Waals surface area (Å²) in [7, 11) is 0. The lowest BCUT2D eigenvalue weighted by Crippen LogP contribution is -2.25. The Balaban J connectivity index is 1.81. The summed E-state index contributed by atoms with van der Waals surface area (Å²) in [6.07, 6.45) is 0. The van der Waals surface area contributed by atoms with Crippen LogP contribution in [-0.2, 0) is 11.3 Å². The van der Waals surface area contributed by atoms with Crippen LogP contribution in [0, 0.1) is 5.82 Å². The first-order chi connectivity index (χ1) is 10.1. The zero-order chi connectivity index (χ0) is 14.8. The smallest absolute Gasteiger partial charge is 0.262 e. The second-order valence-corrected chi connectivity index (χ2v) is 4.72. The van der Waals surface area contributed by atoms with E-state index in [4.69, 9.17) is 10.5 Å². The summed E-state index contributed by atoms with van der Waals surface area (Å²) in [5.41, 5.74) is 8.11. The third-order valence-electron chi connectivity index (χ3n) is 3.21. The molecule has 0 bridgehead atoms. The van der Waals surface area contributed by atoms with Gasteiger partial charge in [-0.3, -0.25) is 4.79 Å². The molecule has 108 valence electrons. The highest BCUT2D eigenvalue weighted by molar-refractivity contribution is 5.97. The molecule has 0 saturated heterocycles. The van der Waals surface area contributed by atoms with Gasteiger partial charge in [0.25, 0.3) is 5.91 Å². The van der Waals surface area contributed by atoms with E-state index in [1.165, 1.54) is 6.07 Å². The predicted molar refractivity (Wildman–Crippen MR) is 78.7 cm³/mol. The van der Waals surface area contributed by atoms with Gasteiger partial charge < -0.3 is 21.1 Å². The standard InChI is InChI=1S/C15H14FN3O2/c16-10-4-2-1-3-9(10)7-18-12-6-13-14(5-11(12)17)21-8-15(20)19-13/h1-6,18H,7-8,17H2,(H,19,20). The molecule has 0 spiro atoms. The summed E-state index contributed by atoms with van der Waals surface area (Å²) < 4.78 is 18.8. The molecule has 0 radical (unpaired) electrons. The minimum Gasteiger partial charge on any atom is -0.482 e. The normalized spacial score (nSPS) is 13.1. The maximum Gasteiger partial charge on any atom is 0.262 e. The third-order valence-corrected chi connectivity index (χ3v) is 3.21. The van der Waals surface area contributed by atoms with Crippen LogP contribution in [0.2, 0.25) is 0 Å². The molecule has 4 N–H and O–H groups in total. The molecular weight excluding hydrogens is 273 g/mol. The Bertz CT molecular complexity index is 703. The molecule has 3 rings (SSSR count). The van der Waals surface area contributed by atoms with Crippen molar-refractivity contribution < 1.29 is 13.9 Å². The summed E-state index contributed by atoms with van der Waals surface area (Å²) in [5, 5.41) is 5.77. The Hall–Kier alpha value is -2.76. The van der Waals surface area contributed by atoms with E-state index >= 15 is 0 Å². The van der Waals surface area contributed by atoms with Gasteiger partial charge in [0.15, 0.2) is 6.61 Å². The first-order valence-electron chi connectivity index (χ1n) is 6.47. The average Bonchev–Trinajstić information content (AvgIpc) is 2.47. The second kappa shape index (κ2) is 5.32. The van der Waals surface area contributed by atoms with Gasteiger partial charge in [-0.05, 0) is 12.1 Å². The fourth-order valence-electron chi connectivity index (χ4n) is 2.13. The van der Waals surface area contributed by atoms with E-state index in [1.54, 1.807) is 30.3 Å². The van der Waals surface area contributed by atoms with Crippen molar-refractivity contribution in [1.82, 2.24) is 0 Å². The molecule has 0 fully saturated rings. The molecule has 0 saturated carbocycles. The van der Waals surface area contributed by atoms with E-state index in [1.807, 2.05) is 0 Å². The first kappa shape index (κ1) is 13.2. The zero-order valence-electron chi connectivity index (χ0n) is 11.2. The van der Waals surface area contributed by atoms with Crippen LogP contribution >= 0.6 is 0 Å². The minimum atomic E-state index is -0.279. The number of ether oxygens (including phenoxy) is 1. The number of rotatable bonds is 3. The molecule has 1 heterocycles. The number of amides is 1. The van der Waals surface area contributed by atoms with Gasteiger partial charge in [-0.2, -0.15) is 0 Å². The van der Waals surface area contributed by atoms with Gasteiger partial charge in [-0.1, -0.05) is 18.2 Å². The maximum absolute atomic E-state index is 13.6. The number of nitrogen functional groups attached to an aromatic ring is 1. The van der Waals surface area contributed by atoms with Crippen molar-refractivity contribution in [1.29, 1.82) is 0 Å². The van der Waals surface area contributed by atoms with Crippen molar-refractivity contribution in [3.05, 3.63) is 47.8 Å². The maximum atomic E-state index is 13.6. The van der Waals surface area contributed by atoms with E-state index in [9.17, 15) is 9.18 Å². The van der Waals surface area contributed by atoms with Crippen LogP contribution in [0.4, 0.5) is 21.5 Å². The molecular formula is C15H14FN3O2. The number of anilines is 3.